The minimum atomic E-state index is -0.179. The average Bonchev–Trinajstić information content (AvgIpc) is 3.26. The molecule has 0 amide bonds. The molecule has 4 heterocycles. The van der Waals surface area contributed by atoms with Crippen LogP contribution in [0, 0.1) is 5.92 Å². The van der Waals surface area contributed by atoms with Gasteiger partial charge in [-0.2, -0.15) is 0 Å². The first-order chi connectivity index (χ1) is 16.3. The standard InChI is InChI=1S/C27H30N4O2/c1-2-4-24-23(3-1)20(18-29-24)9-14-31-19-27(10-15-32-16-11-27)33-26-17-22(5-6-25(26)31)30-21-7-12-28-13-8-21/h1-2,4-8,12-13,17-18,23,29H,3,9-11,14-16,19H2,(H,28,30). The van der Waals surface area contributed by atoms with E-state index < -0.39 is 0 Å². The highest BCUT2D eigenvalue weighted by Gasteiger charge is 2.41. The third-order valence-corrected chi connectivity index (χ3v) is 7.18. The molecule has 0 saturated carbocycles. The van der Waals surface area contributed by atoms with Crippen molar-refractivity contribution in [2.24, 2.45) is 5.92 Å². The molecule has 1 fully saturated rings. The van der Waals surface area contributed by atoms with Crippen LogP contribution < -0.4 is 20.3 Å². The van der Waals surface area contributed by atoms with E-state index in [1.807, 2.05) is 12.1 Å². The minimum absolute atomic E-state index is 0.179. The van der Waals surface area contributed by atoms with Crippen molar-refractivity contribution in [3.8, 4) is 5.75 Å². The zero-order chi connectivity index (χ0) is 22.1. The fourth-order valence-electron chi connectivity index (χ4n) is 5.35. The molecular weight excluding hydrogens is 412 g/mol. The van der Waals surface area contributed by atoms with Gasteiger partial charge in [-0.25, -0.2) is 0 Å². The maximum absolute atomic E-state index is 6.71. The number of nitrogens with zero attached hydrogens (tertiary/aromatic N) is 2. The molecule has 1 aliphatic carbocycles. The second-order valence-electron chi connectivity index (χ2n) is 9.31. The maximum Gasteiger partial charge on any atom is 0.145 e. The largest absolute Gasteiger partial charge is 0.483 e. The van der Waals surface area contributed by atoms with E-state index >= 15 is 0 Å². The summed E-state index contributed by atoms with van der Waals surface area (Å²) >= 11 is 0. The molecule has 3 aliphatic heterocycles. The molecule has 1 aromatic carbocycles. The van der Waals surface area contributed by atoms with E-state index in [9.17, 15) is 0 Å². The van der Waals surface area contributed by atoms with E-state index in [2.05, 4.69) is 63.1 Å². The quantitative estimate of drug-likeness (QED) is 0.686. The van der Waals surface area contributed by atoms with Crippen molar-refractivity contribution in [1.82, 2.24) is 10.3 Å². The third-order valence-electron chi connectivity index (χ3n) is 7.18. The van der Waals surface area contributed by atoms with E-state index in [0.29, 0.717) is 5.92 Å². The first-order valence-corrected chi connectivity index (χ1v) is 11.9. The van der Waals surface area contributed by atoms with Crippen LogP contribution in [-0.2, 0) is 4.74 Å². The predicted octanol–water partition coefficient (Wildman–Crippen LogP) is 4.91. The Bertz CT molecular complexity index is 1100. The lowest BCUT2D eigenvalue weighted by Gasteiger charge is -2.46. The summed E-state index contributed by atoms with van der Waals surface area (Å²) in [6.07, 6.45) is 16.4. The number of pyridine rings is 1. The summed E-state index contributed by atoms with van der Waals surface area (Å²) in [6, 6.07) is 10.4. The molecule has 0 bridgehead atoms. The predicted molar refractivity (Wildman–Crippen MR) is 131 cm³/mol. The van der Waals surface area contributed by atoms with Crippen molar-refractivity contribution in [2.75, 3.05) is 36.5 Å². The minimum Gasteiger partial charge on any atom is -0.483 e. The molecule has 2 N–H and O–H groups in total. The van der Waals surface area contributed by atoms with Crippen LogP contribution in [-0.4, -0.2) is 36.9 Å². The average molecular weight is 443 g/mol. The monoisotopic (exact) mass is 442 g/mol. The van der Waals surface area contributed by atoms with Gasteiger partial charge in [-0.3, -0.25) is 4.98 Å². The van der Waals surface area contributed by atoms with Gasteiger partial charge in [0.25, 0.3) is 0 Å². The Hall–Kier alpha value is -3.25. The van der Waals surface area contributed by atoms with Crippen LogP contribution in [0.5, 0.6) is 5.75 Å². The Morgan fingerprint density at radius 2 is 2.00 bits per heavy atom. The molecule has 1 spiro atoms. The van der Waals surface area contributed by atoms with E-state index in [1.165, 1.54) is 17.0 Å². The zero-order valence-corrected chi connectivity index (χ0v) is 18.8. The fraction of sp³-hybridized carbons (Fsp3) is 0.370. The SMILES string of the molecule is C1=CCC2C(CCN3CC4(CCOCC4)Oc4cc(Nc5ccncc5)ccc43)=CNC2=C1. The van der Waals surface area contributed by atoms with E-state index in [-0.39, 0.29) is 5.60 Å². The third kappa shape index (κ3) is 4.11. The Balaban J connectivity index is 1.24. The van der Waals surface area contributed by atoms with Crippen LogP contribution in [0.3, 0.4) is 0 Å². The normalized spacial score (nSPS) is 22.5. The van der Waals surface area contributed by atoms with Gasteiger partial charge in [-0.1, -0.05) is 12.2 Å². The highest BCUT2D eigenvalue weighted by Crippen LogP contribution is 2.43. The molecule has 170 valence electrons. The summed E-state index contributed by atoms with van der Waals surface area (Å²) < 4.78 is 12.4. The summed E-state index contributed by atoms with van der Waals surface area (Å²) in [7, 11) is 0. The summed E-state index contributed by atoms with van der Waals surface area (Å²) in [5.74, 6) is 1.47. The summed E-state index contributed by atoms with van der Waals surface area (Å²) in [6.45, 7) is 3.41. The maximum atomic E-state index is 6.71. The van der Waals surface area contributed by atoms with Crippen molar-refractivity contribution < 1.29 is 9.47 Å². The lowest BCUT2D eigenvalue weighted by Crippen LogP contribution is -2.54. The number of allylic oxidation sites excluding steroid dienone is 4. The van der Waals surface area contributed by atoms with Crippen LogP contribution in [0.15, 0.2) is 78.4 Å². The Kier molecular flexibility index (Phi) is 5.30. The zero-order valence-electron chi connectivity index (χ0n) is 18.8. The van der Waals surface area contributed by atoms with Gasteiger partial charge in [0.1, 0.15) is 11.4 Å². The number of fused-ring (bicyclic) bond motifs is 2. The number of benzene rings is 1. The first-order valence-electron chi connectivity index (χ1n) is 11.9. The van der Waals surface area contributed by atoms with Crippen LogP contribution in [0.25, 0.3) is 0 Å². The van der Waals surface area contributed by atoms with Crippen LogP contribution in [0.2, 0.25) is 0 Å². The summed E-state index contributed by atoms with van der Waals surface area (Å²) in [5, 5.41) is 6.95. The molecule has 4 aliphatic rings. The highest BCUT2D eigenvalue weighted by atomic mass is 16.5. The van der Waals surface area contributed by atoms with Crippen LogP contribution in [0.4, 0.5) is 17.1 Å². The van der Waals surface area contributed by atoms with Crippen molar-refractivity contribution in [3.05, 3.63) is 78.4 Å². The van der Waals surface area contributed by atoms with Gasteiger partial charge in [0.05, 0.1) is 25.4 Å². The van der Waals surface area contributed by atoms with Crippen molar-refractivity contribution >= 4 is 17.1 Å². The fourth-order valence-corrected chi connectivity index (χ4v) is 5.35. The van der Waals surface area contributed by atoms with E-state index in [4.69, 9.17) is 9.47 Å². The van der Waals surface area contributed by atoms with Gasteiger partial charge in [0, 0.05) is 67.0 Å². The van der Waals surface area contributed by atoms with Crippen molar-refractivity contribution in [1.29, 1.82) is 0 Å². The number of anilines is 3. The number of hydrogen-bond acceptors (Lipinski definition) is 6. The summed E-state index contributed by atoms with van der Waals surface area (Å²) in [4.78, 5) is 6.63. The van der Waals surface area contributed by atoms with Crippen LogP contribution >= 0.6 is 0 Å². The lowest BCUT2D eigenvalue weighted by molar-refractivity contribution is -0.0454. The van der Waals surface area contributed by atoms with E-state index in [0.717, 1.165) is 69.1 Å². The molecule has 0 radical (unpaired) electrons. The van der Waals surface area contributed by atoms with Gasteiger partial charge in [0.2, 0.25) is 0 Å². The number of aromatic nitrogens is 1. The van der Waals surface area contributed by atoms with Gasteiger partial charge < -0.3 is 25.0 Å². The number of hydrogen-bond donors (Lipinski definition) is 2. The summed E-state index contributed by atoms with van der Waals surface area (Å²) in [5.41, 5.74) is 5.87. The Morgan fingerprint density at radius 1 is 1.12 bits per heavy atom. The second kappa shape index (κ2) is 8.60. The smallest absolute Gasteiger partial charge is 0.145 e. The van der Waals surface area contributed by atoms with Gasteiger partial charge in [0.15, 0.2) is 0 Å². The molecule has 6 heteroatoms. The number of ether oxygens (including phenoxy) is 2. The number of rotatable bonds is 5. The first kappa shape index (κ1) is 20.4. The van der Waals surface area contributed by atoms with Crippen molar-refractivity contribution in [3.63, 3.8) is 0 Å². The Labute approximate surface area is 195 Å². The molecule has 1 aromatic heterocycles. The molecule has 1 saturated heterocycles. The molecule has 1 unspecified atom stereocenters. The molecule has 6 nitrogen and oxygen atoms in total. The molecule has 2 aromatic rings. The van der Waals surface area contributed by atoms with Crippen molar-refractivity contribution in [2.45, 2.75) is 31.3 Å². The molecule has 1 atom stereocenters. The Morgan fingerprint density at radius 3 is 2.88 bits per heavy atom. The highest BCUT2D eigenvalue weighted by molar-refractivity contribution is 5.70. The van der Waals surface area contributed by atoms with E-state index in [1.54, 1.807) is 12.4 Å². The van der Waals surface area contributed by atoms with Crippen LogP contribution in [0.1, 0.15) is 25.7 Å². The van der Waals surface area contributed by atoms with Gasteiger partial charge in [-0.05, 0) is 48.8 Å². The lowest BCUT2D eigenvalue weighted by atomic mass is 9.89. The topological polar surface area (TPSA) is 58.7 Å². The molecular formula is C27H30N4O2. The molecule has 6 rings (SSSR count). The number of nitrogens with one attached hydrogen (secondary N) is 2. The molecule has 33 heavy (non-hydrogen) atoms. The van der Waals surface area contributed by atoms with Gasteiger partial charge in [-0.15, -0.1) is 0 Å². The van der Waals surface area contributed by atoms with Gasteiger partial charge >= 0.3 is 0 Å². The second-order valence-corrected chi connectivity index (χ2v) is 9.31.